The highest BCUT2D eigenvalue weighted by Crippen LogP contribution is 2.88. The summed E-state index contributed by atoms with van der Waals surface area (Å²) in [5, 5.41) is 5.89. The molecule has 2 aromatic rings. The summed E-state index contributed by atoms with van der Waals surface area (Å²) in [6.45, 7) is 1.03. The molecule has 1 N–H and O–H groups in total. The van der Waals surface area contributed by atoms with Crippen LogP contribution in [0.2, 0.25) is 0 Å². The molecule has 0 radical (unpaired) electrons. The van der Waals surface area contributed by atoms with Gasteiger partial charge in [-0.15, -0.1) is 0 Å². The highest BCUT2D eigenvalue weighted by Gasteiger charge is 2.98. The molecule has 2 saturated heterocycles. The molecule has 3 heterocycles. The van der Waals surface area contributed by atoms with Crippen LogP contribution in [-0.2, 0) is 4.79 Å². The molecule has 3 atom stereocenters. The summed E-state index contributed by atoms with van der Waals surface area (Å²) >= 11 is 0. The van der Waals surface area contributed by atoms with Crippen LogP contribution in [0.3, 0.4) is 0 Å². The lowest BCUT2D eigenvalue weighted by Gasteiger charge is -2.21. The van der Waals surface area contributed by atoms with Crippen molar-refractivity contribution in [2.24, 2.45) is 17.3 Å². The molecule has 6 rings (SSSR count). The fourth-order valence-electron chi connectivity index (χ4n) is 4.59. The summed E-state index contributed by atoms with van der Waals surface area (Å²) in [7, 11) is 0. The van der Waals surface area contributed by atoms with Crippen LogP contribution in [-0.4, -0.2) is 51.7 Å². The quantitative estimate of drug-likeness (QED) is 0.780. The van der Waals surface area contributed by atoms with Gasteiger partial charge in [-0.3, -0.25) is 9.59 Å². The molecular weight excluding hydrogens is 396 g/mol. The molecule has 1 aromatic heterocycles. The summed E-state index contributed by atoms with van der Waals surface area (Å²) in [6.07, 6.45) is -4.32. The smallest absolute Gasteiger partial charge is 0.338 e. The third-order valence-corrected chi connectivity index (χ3v) is 6.08. The van der Waals surface area contributed by atoms with E-state index in [0.29, 0.717) is 0 Å². The normalized spacial score (nSPS) is 30.0. The van der Waals surface area contributed by atoms with Crippen LogP contribution in [0.15, 0.2) is 28.8 Å². The molecule has 2 aliphatic carbocycles. The van der Waals surface area contributed by atoms with Crippen molar-refractivity contribution >= 4 is 11.8 Å². The SMILES string of the molecule is C[C@H](NC(=O)c1noc(-c2cccc(F)c2)n1)C(=O)N1CC2(C(F)(F)F)C3C1C32. The van der Waals surface area contributed by atoms with E-state index in [0.717, 1.165) is 6.07 Å². The molecule has 4 fully saturated rings. The zero-order valence-electron chi connectivity index (χ0n) is 14.9. The fourth-order valence-corrected chi connectivity index (χ4v) is 4.59. The lowest BCUT2D eigenvalue weighted by Crippen LogP contribution is -2.46. The number of rotatable bonds is 4. The maximum atomic E-state index is 13.3. The number of benzene rings is 1. The first-order valence-corrected chi connectivity index (χ1v) is 8.93. The van der Waals surface area contributed by atoms with E-state index in [4.69, 9.17) is 4.52 Å². The average Bonchev–Trinajstić information content (AvgIpc) is 3.31. The highest BCUT2D eigenvalue weighted by atomic mass is 19.4. The van der Waals surface area contributed by atoms with Gasteiger partial charge in [0, 0.05) is 30.0 Å². The molecule has 2 saturated carbocycles. The maximum absolute atomic E-state index is 13.3. The van der Waals surface area contributed by atoms with Gasteiger partial charge >= 0.3 is 6.18 Å². The first-order valence-electron chi connectivity index (χ1n) is 8.93. The van der Waals surface area contributed by atoms with Crippen molar-refractivity contribution in [2.75, 3.05) is 6.54 Å². The lowest BCUT2D eigenvalue weighted by molar-refractivity contribution is -0.194. The Bertz CT molecular complexity index is 1030. The van der Waals surface area contributed by atoms with Gasteiger partial charge in [0.2, 0.25) is 5.91 Å². The predicted octanol–water partition coefficient (Wildman–Crippen LogP) is 2.01. The zero-order valence-corrected chi connectivity index (χ0v) is 14.9. The largest absolute Gasteiger partial charge is 0.396 e. The first kappa shape index (κ1) is 18.1. The molecular formula is C18H14F4N4O3. The molecule has 2 unspecified atom stereocenters. The summed E-state index contributed by atoms with van der Waals surface area (Å²) in [6, 6.07) is 3.90. The van der Waals surface area contributed by atoms with Crippen LogP contribution in [0.4, 0.5) is 17.6 Å². The second kappa shape index (κ2) is 5.55. The monoisotopic (exact) mass is 410 g/mol. The van der Waals surface area contributed by atoms with Crippen molar-refractivity contribution < 1.29 is 31.7 Å². The molecule has 1 aromatic carbocycles. The maximum Gasteiger partial charge on any atom is 0.396 e. The standard InChI is InChI=1S/C18H14F4N4O3/c1-7(16(28)26-6-17(18(20,21)22)10-11(17)12(10)26)23-14(27)13-24-15(29-25-13)8-3-2-4-9(19)5-8/h2-5,7,10-12H,6H2,1H3,(H,23,27)/t7-,10?,11?,12?,17?/m0/s1. The second-order valence-corrected chi connectivity index (χ2v) is 7.68. The van der Waals surface area contributed by atoms with E-state index < -0.39 is 47.1 Å². The van der Waals surface area contributed by atoms with Crippen molar-refractivity contribution in [3.8, 4) is 11.5 Å². The topological polar surface area (TPSA) is 88.3 Å². The fraction of sp³-hybridized carbons (Fsp3) is 0.444. The summed E-state index contributed by atoms with van der Waals surface area (Å²) < 4.78 is 57.8. The van der Waals surface area contributed by atoms with Gasteiger partial charge in [0.15, 0.2) is 0 Å². The Morgan fingerprint density at radius 3 is 2.69 bits per heavy atom. The number of halogens is 4. The van der Waals surface area contributed by atoms with Gasteiger partial charge in [0.1, 0.15) is 11.9 Å². The highest BCUT2D eigenvalue weighted by molar-refractivity contribution is 5.95. The molecule has 2 bridgehead atoms. The third-order valence-electron chi connectivity index (χ3n) is 6.08. The van der Waals surface area contributed by atoms with E-state index in [9.17, 15) is 27.2 Å². The van der Waals surface area contributed by atoms with Crippen LogP contribution in [0.5, 0.6) is 0 Å². The van der Waals surface area contributed by atoms with Gasteiger partial charge in [-0.2, -0.15) is 18.2 Å². The summed E-state index contributed by atoms with van der Waals surface area (Å²) in [5.74, 6) is -3.36. The number of nitrogens with one attached hydrogen (secondary N) is 1. The number of hydrogen-bond acceptors (Lipinski definition) is 5. The average molecular weight is 410 g/mol. The van der Waals surface area contributed by atoms with Crippen LogP contribution in [0.25, 0.3) is 11.5 Å². The summed E-state index contributed by atoms with van der Waals surface area (Å²) in [5.41, 5.74) is -1.47. The van der Waals surface area contributed by atoms with E-state index in [1.54, 1.807) is 0 Å². The van der Waals surface area contributed by atoms with Gasteiger partial charge in [0.05, 0.1) is 5.41 Å². The van der Waals surface area contributed by atoms with Gasteiger partial charge in [-0.1, -0.05) is 11.2 Å². The van der Waals surface area contributed by atoms with E-state index in [1.807, 2.05) is 0 Å². The van der Waals surface area contributed by atoms with E-state index in [1.165, 1.54) is 30.0 Å². The number of nitrogens with zero attached hydrogens (tertiary/aromatic N) is 3. The Morgan fingerprint density at radius 1 is 1.34 bits per heavy atom. The number of piperidine rings is 1. The molecule has 152 valence electrons. The zero-order chi connectivity index (χ0) is 20.7. The van der Waals surface area contributed by atoms with Crippen molar-refractivity contribution in [2.45, 2.75) is 25.2 Å². The van der Waals surface area contributed by atoms with Crippen molar-refractivity contribution in [1.82, 2.24) is 20.4 Å². The molecule has 11 heteroatoms. The van der Waals surface area contributed by atoms with Crippen molar-refractivity contribution in [3.05, 3.63) is 35.9 Å². The number of carbonyl (C=O) groups excluding carboxylic acids is 2. The number of fused-ring (bicyclic) bond motifs is 1. The van der Waals surface area contributed by atoms with Crippen LogP contribution in [0, 0.1) is 23.1 Å². The minimum absolute atomic E-state index is 0.0790. The number of carbonyl (C=O) groups is 2. The van der Waals surface area contributed by atoms with Gasteiger partial charge in [0.25, 0.3) is 17.6 Å². The van der Waals surface area contributed by atoms with Crippen LogP contribution in [0.1, 0.15) is 17.5 Å². The Hall–Kier alpha value is -2.98. The predicted molar refractivity (Wildman–Crippen MR) is 87.6 cm³/mol. The van der Waals surface area contributed by atoms with Crippen molar-refractivity contribution in [3.63, 3.8) is 0 Å². The van der Waals surface area contributed by atoms with Gasteiger partial charge < -0.3 is 14.7 Å². The van der Waals surface area contributed by atoms with E-state index in [-0.39, 0.29) is 29.9 Å². The minimum Gasteiger partial charge on any atom is -0.338 e. The second-order valence-electron chi connectivity index (χ2n) is 7.68. The number of hydrogen-bond donors (Lipinski definition) is 1. The molecule has 2 aliphatic heterocycles. The van der Waals surface area contributed by atoms with Gasteiger partial charge in [-0.05, 0) is 25.1 Å². The van der Waals surface area contributed by atoms with E-state index >= 15 is 0 Å². The Morgan fingerprint density at radius 2 is 2.07 bits per heavy atom. The van der Waals surface area contributed by atoms with Gasteiger partial charge in [-0.25, -0.2) is 4.39 Å². The Labute approximate surface area is 161 Å². The van der Waals surface area contributed by atoms with Crippen LogP contribution < -0.4 is 5.32 Å². The lowest BCUT2D eigenvalue weighted by atomic mass is 9.97. The van der Waals surface area contributed by atoms with Crippen molar-refractivity contribution in [1.29, 1.82) is 0 Å². The molecule has 2 amide bonds. The Balaban J connectivity index is 1.24. The van der Waals surface area contributed by atoms with Crippen LogP contribution >= 0.6 is 0 Å². The molecule has 7 nitrogen and oxygen atoms in total. The third kappa shape index (κ3) is 2.42. The number of amides is 2. The Kier molecular flexibility index (Phi) is 3.46. The number of alkyl halides is 3. The minimum atomic E-state index is -4.32. The molecule has 4 aliphatic rings. The summed E-state index contributed by atoms with van der Waals surface area (Å²) in [4.78, 5) is 29.9. The first-order chi connectivity index (χ1) is 13.6. The molecule has 0 spiro atoms. The number of aromatic nitrogens is 2. The van der Waals surface area contributed by atoms with E-state index in [2.05, 4.69) is 15.5 Å². The molecule has 29 heavy (non-hydrogen) atoms.